The highest BCUT2D eigenvalue weighted by Gasteiger charge is 2.17. The third kappa shape index (κ3) is 3.46. The molecule has 1 amide bonds. The average Bonchev–Trinajstić information content (AvgIpc) is 3.20. The summed E-state index contributed by atoms with van der Waals surface area (Å²) in [6.45, 7) is 4.43. The van der Waals surface area contributed by atoms with Crippen molar-refractivity contribution < 1.29 is 9.53 Å². The number of para-hydroxylation sites is 1. The molecule has 2 heterocycles. The van der Waals surface area contributed by atoms with Crippen molar-refractivity contribution in [3.8, 4) is 17.0 Å². The van der Waals surface area contributed by atoms with Gasteiger partial charge in [0.1, 0.15) is 11.4 Å². The minimum atomic E-state index is -0.183. The summed E-state index contributed by atoms with van der Waals surface area (Å²) >= 11 is 0. The molecule has 26 heavy (non-hydrogen) atoms. The number of methoxy groups -OCH3 is 1. The fourth-order valence-electron chi connectivity index (χ4n) is 3.03. The lowest BCUT2D eigenvalue weighted by Crippen LogP contribution is -2.26. The van der Waals surface area contributed by atoms with Crippen molar-refractivity contribution in [3.63, 3.8) is 0 Å². The first-order valence-corrected chi connectivity index (χ1v) is 8.47. The Morgan fingerprint density at radius 3 is 2.77 bits per heavy atom. The predicted molar refractivity (Wildman–Crippen MR) is 99.3 cm³/mol. The van der Waals surface area contributed by atoms with Crippen molar-refractivity contribution in [2.24, 2.45) is 7.05 Å². The number of benzene rings is 1. The minimum absolute atomic E-state index is 0.183. The van der Waals surface area contributed by atoms with Crippen molar-refractivity contribution in [2.45, 2.75) is 20.3 Å². The number of ether oxygens (including phenoxy) is 1. The number of nitrogens with one attached hydrogen (secondary N) is 2. The van der Waals surface area contributed by atoms with E-state index in [1.807, 2.05) is 49.8 Å². The molecule has 7 nitrogen and oxygen atoms in total. The molecule has 7 heteroatoms. The second kappa shape index (κ2) is 7.43. The van der Waals surface area contributed by atoms with E-state index in [9.17, 15) is 4.79 Å². The monoisotopic (exact) mass is 353 g/mol. The summed E-state index contributed by atoms with van der Waals surface area (Å²) in [4.78, 5) is 12.4. The maximum atomic E-state index is 12.4. The van der Waals surface area contributed by atoms with Crippen LogP contribution in [0.25, 0.3) is 11.3 Å². The molecule has 3 aromatic rings. The van der Waals surface area contributed by atoms with Gasteiger partial charge in [-0.25, -0.2) is 0 Å². The van der Waals surface area contributed by atoms with E-state index in [2.05, 4.69) is 20.6 Å². The number of aryl methyl sites for hydroxylation is 2. The molecular weight excluding hydrogens is 330 g/mol. The zero-order valence-corrected chi connectivity index (χ0v) is 15.5. The van der Waals surface area contributed by atoms with Gasteiger partial charge < -0.3 is 10.1 Å². The molecule has 0 radical (unpaired) electrons. The molecule has 136 valence electrons. The SMILES string of the molecule is COc1ccccc1CCNC(=O)c1cc(-c2c(C)nn(C)c2C)n[nH]1. The Morgan fingerprint density at radius 2 is 2.08 bits per heavy atom. The summed E-state index contributed by atoms with van der Waals surface area (Å²) in [5.41, 5.74) is 5.07. The van der Waals surface area contributed by atoms with Gasteiger partial charge in [0.15, 0.2) is 0 Å². The Morgan fingerprint density at radius 1 is 1.31 bits per heavy atom. The molecule has 0 aliphatic heterocycles. The van der Waals surface area contributed by atoms with Crippen molar-refractivity contribution in [3.05, 3.63) is 53.0 Å². The van der Waals surface area contributed by atoms with Gasteiger partial charge in [0.2, 0.25) is 0 Å². The molecule has 2 N–H and O–H groups in total. The number of carbonyl (C=O) groups excluding carboxylic acids is 1. The van der Waals surface area contributed by atoms with Crippen LogP contribution in [0.2, 0.25) is 0 Å². The van der Waals surface area contributed by atoms with Crippen LogP contribution in [0, 0.1) is 13.8 Å². The van der Waals surface area contributed by atoms with E-state index in [1.54, 1.807) is 13.2 Å². The number of aromatic amines is 1. The lowest BCUT2D eigenvalue weighted by molar-refractivity contribution is 0.0949. The quantitative estimate of drug-likeness (QED) is 0.713. The molecule has 0 atom stereocenters. The van der Waals surface area contributed by atoms with Crippen molar-refractivity contribution >= 4 is 5.91 Å². The van der Waals surface area contributed by atoms with Gasteiger partial charge >= 0.3 is 0 Å². The lowest BCUT2D eigenvalue weighted by Gasteiger charge is -2.08. The van der Waals surface area contributed by atoms with Gasteiger partial charge in [-0.05, 0) is 38.0 Å². The van der Waals surface area contributed by atoms with Crippen LogP contribution in [-0.4, -0.2) is 39.5 Å². The number of hydrogen-bond acceptors (Lipinski definition) is 4. The largest absolute Gasteiger partial charge is 0.496 e. The number of rotatable bonds is 6. The Balaban J connectivity index is 1.65. The summed E-state index contributed by atoms with van der Waals surface area (Å²) < 4.78 is 7.14. The summed E-state index contributed by atoms with van der Waals surface area (Å²) in [6.07, 6.45) is 0.692. The van der Waals surface area contributed by atoms with Gasteiger partial charge in [-0.3, -0.25) is 14.6 Å². The standard InChI is InChI=1S/C19H23N5O2/c1-12-18(13(2)24(3)23-12)15-11-16(22-21-15)19(25)20-10-9-14-7-5-6-8-17(14)26-4/h5-8,11H,9-10H2,1-4H3,(H,20,25)(H,21,22). The molecule has 3 rings (SSSR count). The van der Waals surface area contributed by atoms with Gasteiger partial charge in [0, 0.05) is 24.8 Å². The van der Waals surface area contributed by atoms with E-state index >= 15 is 0 Å². The topological polar surface area (TPSA) is 84.8 Å². The van der Waals surface area contributed by atoms with Crippen LogP contribution < -0.4 is 10.1 Å². The predicted octanol–water partition coefficient (Wildman–Crippen LogP) is 2.41. The fourth-order valence-corrected chi connectivity index (χ4v) is 3.03. The molecule has 0 saturated heterocycles. The smallest absolute Gasteiger partial charge is 0.269 e. The second-order valence-corrected chi connectivity index (χ2v) is 6.15. The van der Waals surface area contributed by atoms with E-state index in [4.69, 9.17) is 4.74 Å². The molecule has 0 fully saturated rings. The van der Waals surface area contributed by atoms with E-state index < -0.39 is 0 Å². The zero-order valence-electron chi connectivity index (χ0n) is 15.5. The van der Waals surface area contributed by atoms with Crippen molar-refractivity contribution in [1.82, 2.24) is 25.3 Å². The maximum Gasteiger partial charge on any atom is 0.269 e. The highest BCUT2D eigenvalue weighted by Crippen LogP contribution is 2.25. The maximum absolute atomic E-state index is 12.4. The molecule has 0 bridgehead atoms. The number of hydrogen-bond donors (Lipinski definition) is 2. The van der Waals surface area contributed by atoms with Crippen molar-refractivity contribution in [1.29, 1.82) is 0 Å². The molecule has 0 aliphatic rings. The van der Waals surface area contributed by atoms with Crippen LogP contribution in [0.15, 0.2) is 30.3 Å². The number of aromatic nitrogens is 4. The van der Waals surface area contributed by atoms with Gasteiger partial charge in [0.25, 0.3) is 5.91 Å². The number of carbonyl (C=O) groups is 1. The zero-order chi connectivity index (χ0) is 18.7. The summed E-state index contributed by atoms with van der Waals surface area (Å²) in [5, 5.41) is 14.4. The van der Waals surface area contributed by atoms with E-state index in [0.29, 0.717) is 18.7 Å². The van der Waals surface area contributed by atoms with Crippen LogP contribution in [0.5, 0.6) is 5.75 Å². The molecule has 0 unspecified atom stereocenters. The van der Waals surface area contributed by atoms with Crippen LogP contribution >= 0.6 is 0 Å². The van der Waals surface area contributed by atoms with E-state index in [0.717, 1.165) is 34.0 Å². The second-order valence-electron chi connectivity index (χ2n) is 6.15. The first kappa shape index (κ1) is 17.7. The first-order chi connectivity index (χ1) is 12.5. The van der Waals surface area contributed by atoms with Gasteiger partial charge in [0.05, 0.1) is 18.5 Å². The van der Waals surface area contributed by atoms with Crippen molar-refractivity contribution in [2.75, 3.05) is 13.7 Å². The molecular formula is C19H23N5O2. The number of amides is 1. The highest BCUT2D eigenvalue weighted by molar-refractivity contribution is 5.93. The molecule has 2 aromatic heterocycles. The lowest BCUT2D eigenvalue weighted by atomic mass is 10.1. The third-order valence-corrected chi connectivity index (χ3v) is 4.46. The number of nitrogens with zero attached hydrogens (tertiary/aromatic N) is 3. The Labute approximate surface area is 152 Å². The van der Waals surface area contributed by atoms with Crippen LogP contribution in [0.4, 0.5) is 0 Å². The third-order valence-electron chi connectivity index (χ3n) is 4.46. The molecule has 0 aliphatic carbocycles. The summed E-state index contributed by atoms with van der Waals surface area (Å²) in [5.74, 6) is 0.644. The van der Waals surface area contributed by atoms with Gasteiger partial charge in [-0.15, -0.1) is 0 Å². The Bertz CT molecular complexity index is 926. The van der Waals surface area contributed by atoms with Gasteiger partial charge in [-0.2, -0.15) is 10.2 Å². The number of H-pyrrole nitrogens is 1. The van der Waals surface area contributed by atoms with E-state index in [-0.39, 0.29) is 5.91 Å². The molecule has 1 aromatic carbocycles. The van der Waals surface area contributed by atoms with Crippen LogP contribution in [0.3, 0.4) is 0 Å². The molecule has 0 spiro atoms. The normalized spacial score (nSPS) is 10.8. The minimum Gasteiger partial charge on any atom is -0.496 e. The fraction of sp³-hybridized carbons (Fsp3) is 0.316. The molecule has 0 saturated carbocycles. The summed E-state index contributed by atoms with van der Waals surface area (Å²) in [6, 6.07) is 9.55. The summed E-state index contributed by atoms with van der Waals surface area (Å²) in [7, 11) is 3.54. The van der Waals surface area contributed by atoms with Gasteiger partial charge in [-0.1, -0.05) is 18.2 Å². The first-order valence-electron chi connectivity index (χ1n) is 8.47. The van der Waals surface area contributed by atoms with Crippen LogP contribution in [-0.2, 0) is 13.5 Å². The van der Waals surface area contributed by atoms with Crippen LogP contribution in [0.1, 0.15) is 27.4 Å². The highest BCUT2D eigenvalue weighted by atomic mass is 16.5. The Hall–Kier alpha value is -3.09. The Kier molecular flexibility index (Phi) is 5.06. The van der Waals surface area contributed by atoms with E-state index in [1.165, 1.54) is 0 Å². The average molecular weight is 353 g/mol.